The first-order valence-corrected chi connectivity index (χ1v) is 4.89. The molecule has 16 heavy (non-hydrogen) atoms. The van der Waals surface area contributed by atoms with E-state index in [1.807, 2.05) is 20.8 Å². The highest BCUT2D eigenvalue weighted by molar-refractivity contribution is 5.86. The molecule has 0 aliphatic heterocycles. The number of nitrogens with zero attached hydrogens (tertiary/aromatic N) is 1. The Hall–Kier alpha value is -1.59. The minimum Gasteiger partial charge on any atom is -0.480 e. The number of hydrogen-bond acceptors (Lipinski definition) is 3. The summed E-state index contributed by atoms with van der Waals surface area (Å²) in [4.78, 5) is 33.9. The van der Waals surface area contributed by atoms with Gasteiger partial charge in [0, 0.05) is 6.42 Å². The molecule has 0 fully saturated rings. The number of rotatable bonds is 5. The molecule has 0 aromatic heterocycles. The van der Waals surface area contributed by atoms with E-state index in [2.05, 4.69) is 0 Å². The summed E-state index contributed by atoms with van der Waals surface area (Å²) in [5.74, 6) is -2.26. The molecule has 0 aromatic rings. The fourth-order valence-corrected chi connectivity index (χ4v) is 1.15. The van der Waals surface area contributed by atoms with E-state index < -0.39 is 18.4 Å². The number of hydrogen-bond donors (Lipinski definition) is 2. The van der Waals surface area contributed by atoms with Crippen LogP contribution in [0.5, 0.6) is 0 Å². The van der Waals surface area contributed by atoms with E-state index in [1.165, 1.54) is 0 Å². The van der Waals surface area contributed by atoms with Gasteiger partial charge in [-0.25, -0.2) is 0 Å². The largest absolute Gasteiger partial charge is 0.480 e. The second kappa shape index (κ2) is 5.48. The molecule has 0 aliphatic rings. The lowest BCUT2D eigenvalue weighted by molar-refractivity contribution is -0.146. The Kier molecular flexibility index (Phi) is 4.94. The number of aliphatic carboxylic acids is 1. The van der Waals surface area contributed by atoms with Crippen molar-refractivity contribution in [1.82, 2.24) is 4.90 Å². The molecule has 0 aliphatic carbocycles. The van der Waals surface area contributed by atoms with Crippen LogP contribution in [0.4, 0.5) is 0 Å². The number of carboxylic acids is 1. The van der Waals surface area contributed by atoms with Crippen molar-refractivity contribution in [2.24, 2.45) is 11.1 Å². The molecule has 0 rings (SSSR count). The first-order chi connectivity index (χ1) is 7.11. The molecular formula is C10H18N2O4. The van der Waals surface area contributed by atoms with E-state index in [0.717, 1.165) is 4.90 Å². The van der Waals surface area contributed by atoms with E-state index >= 15 is 0 Å². The van der Waals surface area contributed by atoms with Crippen molar-refractivity contribution >= 4 is 17.8 Å². The van der Waals surface area contributed by atoms with Crippen molar-refractivity contribution in [3.63, 3.8) is 0 Å². The van der Waals surface area contributed by atoms with Crippen LogP contribution in [0.15, 0.2) is 0 Å². The van der Waals surface area contributed by atoms with Gasteiger partial charge in [-0.15, -0.1) is 0 Å². The SMILES string of the molecule is CC(C)(C)CC(=O)N(CC(N)=O)CC(=O)O. The van der Waals surface area contributed by atoms with Gasteiger partial charge in [-0.2, -0.15) is 0 Å². The van der Waals surface area contributed by atoms with Crippen LogP contribution in [0, 0.1) is 5.41 Å². The van der Waals surface area contributed by atoms with Gasteiger partial charge >= 0.3 is 5.97 Å². The normalized spacial score (nSPS) is 10.9. The number of carboxylic acid groups (broad SMARTS) is 1. The number of nitrogens with two attached hydrogens (primary N) is 1. The molecule has 0 bridgehead atoms. The van der Waals surface area contributed by atoms with Crippen molar-refractivity contribution in [2.75, 3.05) is 13.1 Å². The lowest BCUT2D eigenvalue weighted by Crippen LogP contribution is -2.42. The van der Waals surface area contributed by atoms with Gasteiger partial charge in [0.2, 0.25) is 11.8 Å². The average molecular weight is 230 g/mol. The third kappa shape index (κ3) is 6.80. The molecular weight excluding hydrogens is 212 g/mol. The molecule has 6 heteroatoms. The van der Waals surface area contributed by atoms with E-state index in [9.17, 15) is 14.4 Å². The smallest absolute Gasteiger partial charge is 0.323 e. The fourth-order valence-electron chi connectivity index (χ4n) is 1.15. The lowest BCUT2D eigenvalue weighted by Gasteiger charge is -2.24. The first-order valence-electron chi connectivity index (χ1n) is 4.89. The van der Waals surface area contributed by atoms with Gasteiger partial charge in [-0.1, -0.05) is 20.8 Å². The molecule has 3 N–H and O–H groups in total. The Morgan fingerprint density at radius 3 is 2.00 bits per heavy atom. The summed E-state index contributed by atoms with van der Waals surface area (Å²) in [6, 6.07) is 0. The summed E-state index contributed by atoms with van der Waals surface area (Å²) >= 11 is 0. The molecule has 2 amide bonds. The van der Waals surface area contributed by atoms with Crippen LogP contribution in [0.25, 0.3) is 0 Å². The molecule has 0 saturated heterocycles. The number of carbonyl (C=O) groups is 3. The highest BCUT2D eigenvalue weighted by atomic mass is 16.4. The van der Waals surface area contributed by atoms with Gasteiger partial charge < -0.3 is 15.7 Å². The van der Waals surface area contributed by atoms with Gasteiger partial charge in [0.15, 0.2) is 0 Å². The van der Waals surface area contributed by atoms with Crippen molar-refractivity contribution in [1.29, 1.82) is 0 Å². The summed E-state index contributed by atoms with van der Waals surface area (Å²) in [5, 5.41) is 8.60. The van der Waals surface area contributed by atoms with Crippen LogP contribution in [-0.4, -0.2) is 40.9 Å². The molecule has 0 radical (unpaired) electrons. The predicted octanol–water partition coefficient (Wildman–Crippen LogP) is -0.179. The van der Waals surface area contributed by atoms with Crippen LogP contribution < -0.4 is 5.73 Å². The predicted molar refractivity (Wildman–Crippen MR) is 57.5 cm³/mol. The van der Waals surface area contributed by atoms with E-state index in [4.69, 9.17) is 10.8 Å². The molecule has 6 nitrogen and oxygen atoms in total. The van der Waals surface area contributed by atoms with Gasteiger partial charge in [-0.05, 0) is 5.41 Å². The highest BCUT2D eigenvalue weighted by Gasteiger charge is 2.23. The fraction of sp³-hybridized carbons (Fsp3) is 0.700. The van der Waals surface area contributed by atoms with Crippen LogP contribution >= 0.6 is 0 Å². The van der Waals surface area contributed by atoms with Crippen molar-refractivity contribution < 1.29 is 19.5 Å². The van der Waals surface area contributed by atoms with E-state index in [0.29, 0.717) is 0 Å². The van der Waals surface area contributed by atoms with Crippen LogP contribution in [0.1, 0.15) is 27.2 Å². The third-order valence-corrected chi connectivity index (χ3v) is 1.71. The summed E-state index contributed by atoms with van der Waals surface area (Å²) in [7, 11) is 0. The van der Waals surface area contributed by atoms with Crippen molar-refractivity contribution in [3.8, 4) is 0 Å². The Morgan fingerprint density at radius 2 is 1.69 bits per heavy atom. The maximum atomic E-state index is 11.7. The topological polar surface area (TPSA) is 101 Å². The maximum Gasteiger partial charge on any atom is 0.323 e. The second-order valence-electron chi connectivity index (χ2n) is 4.85. The zero-order chi connectivity index (χ0) is 12.9. The van der Waals surface area contributed by atoms with Crippen LogP contribution in [0.3, 0.4) is 0 Å². The Balaban J connectivity index is 4.56. The summed E-state index contributed by atoms with van der Waals surface area (Å²) in [5.41, 5.74) is 4.69. The monoisotopic (exact) mass is 230 g/mol. The molecule has 92 valence electrons. The molecule has 0 aromatic carbocycles. The first kappa shape index (κ1) is 14.4. The van der Waals surface area contributed by atoms with Crippen molar-refractivity contribution in [2.45, 2.75) is 27.2 Å². The molecule has 0 spiro atoms. The molecule has 0 atom stereocenters. The zero-order valence-corrected chi connectivity index (χ0v) is 9.82. The standard InChI is InChI=1S/C10H18N2O4/c1-10(2,3)4-8(14)12(5-7(11)13)6-9(15)16/h4-6H2,1-3H3,(H2,11,13)(H,15,16). The van der Waals surface area contributed by atoms with Gasteiger partial charge in [0.25, 0.3) is 0 Å². The Labute approximate surface area is 94.4 Å². The quantitative estimate of drug-likeness (QED) is 0.684. The molecule has 0 saturated carbocycles. The number of primary amides is 1. The zero-order valence-electron chi connectivity index (χ0n) is 9.82. The van der Waals surface area contributed by atoms with Crippen LogP contribution in [0.2, 0.25) is 0 Å². The lowest BCUT2D eigenvalue weighted by atomic mass is 9.91. The van der Waals surface area contributed by atoms with Gasteiger partial charge in [-0.3, -0.25) is 14.4 Å². The van der Waals surface area contributed by atoms with E-state index in [-0.39, 0.29) is 24.3 Å². The minimum atomic E-state index is -1.16. The molecule has 0 heterocycles. The summed E-state index contributed by atoms with van der Waals surface area (Å²) in [6.07, 6.45) is 0.174. The Bertz CT molecular complexity index is 278. The minimum absolute atomic E-state index is 0.174. The molecule has 0 unspecified atom stereocenters. The van der Waals surface area contributed by atoms with Gasteiger partial charge in [0.05, 0.1) is 6.54 Å². The number of amides is 2. The van der Waals surface area contributed by atoms with E-state index in [1.54, 1.807) is 0 Å². The summed E-state index contributed by atoms with van der Waals surface area (Å²) < 4.78 is 0. The second-order valence-corrected chi connectivity index (χ2v) is 4.85. The Morgan fingerprint density at radius 1 is 1.19 bits per heavy atom. The third-order valence-electron chi connectivity index (χ3n) is 1.71. The number of carbonyl (C=O) groups excluding carboxylic acids is 2. The van der Waals surface area contributed by atoms with Gasteiger partial charge in [0.1, 0.15) is 6.54 Å². The van der Waals surface area contributed by atoms with Crippen molar-refractivity contribution in [3.05, 3.63) is 0 Å². The maximum absolute atomic E-state index is 11.7. The highest BCUT2D eigenvalue weighted by Crippen LogP contribution is 2.19. The van der Waals surface area contributed by atoms with Crippen LogP contribution in [-0.2, 0) is 14.4 Å². The summed E-state index contributed by atoms with van der Waals surface area (Å²) in [6.45, 7) is 4.70. The average Bonchev–Trinajstić information content (AvgIpc) is 1.97.